The molecule has 0 saturated heterocycles. The van der Waals surface area contributed by atoms with E-state index < -0.39 is 10.8 Å². The number of carbonyl (C=O) groups is 2. The first-order valence-corrected chi connectivity index (χ1v) is 7.01. The second-order valence-corrected chi connectivity index (χ2v) is 4.84. The van der Waals surface area contributed by atoms with E-state index in [1.807, 2.05) is 0 Å². The topological polar surface area (TPSA) is 72.5 Å². The van der Waals surface area contributed by atoms with Gasteiger partial charge in [0, 0.05) is 35.8 Å². The molecule has 0 saturated carbocycles. The van der Waals surface area contributed by atoms with Crippen molar-refractivity contribution in [1.29, 1.82) is 0 Å². The lowest BCUT2D eigenvalue weighted by Crippen LogP contribution is -2.26. The Morgan fingerprint density at radius 3 is 2.56 bits per heavy atom. The smallest absolute Gasteiger partial charge is 0.306 e. The van der Waals surface area contributed by atoms with Crippen molar-refractivity contribution in [2.24, 2.45) is 0 Å². The minimum absolute atomic E-state index is 0.110. The van der Waals surface area contributed by atoms with Crippen molar-refractivity contribution in [3.05, 3.63) is 0 Å². The predicted molar refractivity (Wildman–Crippen MR) is 62.4 cm³/mol. The molecule has 0 radical (unpaired) electrons. The zero-order valence-electron chi connectivity index (χ0n) is 9.78. The summed E-state index contributed by atoms with van der Waals surface area (Å²) >= 11 is 0. The molecule has 1 amide bonds. The molecule has 5 nitrogen and oxygen atoms in total. The van der Waals surface area contributed by atoms with Gasteiger partial charge in [-0.2, -0.15) is 0 Å². The van der Waals surface area contributed by atoms with Gasteiger partial charge in [-0.3, -0.25) is 13.8 Å². The summed E-state index contributed by atoms with van der Waals surface area (Å²) in [5.74, 6) is 0.0558. The lowest BCUT2D eigenvalue weighted by atomic mass is 10.3. The lowest BCUT2D eigenvalue weighted by molar-refractivity contribution is -0.144. The van der Waals surface area contributed by atoms with Crippen LogP contribution >= 0.6 is 0 Å². The highest BCUT2D eigenvalue weighted by Crippen LogP contribution is 1.93. The van der Waals surface area contributed by atoms with Crippen LogP contribution in [0.1, 0.15) is 26.2 Å². The third kappa shape index (κ3) is 9.64. The van der Waals surface area contributed by atoms with Crippen molar-refractivity contribution in [2.45, 2.75) is 26.2 Å². The van der Waals surface area contributed by atoms with Crippen LogP contribution in [-0.4, -0.2) is 41.2 Å². The largest absolute Gasteiger partial charge is 0.466 e. The molecule has 0 fully saturated rings. The summed E-state index contributed by atoms with van der Waals surface area (Å²) in [4.78, 5) is 22.1. The maximum absolute atomic E-state index is 11.2. The average Bonchev–Trinajstić information content (AvgIpc) is 2.22. The molecule has 0 spiro atoms. The molecule has 1 unspecified atom stereocenters. The molecule has 0 bridgehead atoms. The maximum atomic E-state index is 11.2. The van der Waals surface area contributed by atoms with E-state index in [9.17, 15) is 13.8 Å². The van der Waals surface area contributed by atoms with E-state index in [0.29, 0.717) is 25.3 Å². The summed E-state index contributed by atoms with van der Waals surface area (Å²) in [7, 11) is -0.819. The Morgan fingerprint density at radius 2 is 2.00 bits per heavy atom. The molecular formula is C10H19NO4S. The third-order valence-electron chi connectivity index (χ3n) is 1.79. The Morgan fingerprint density at radius 1 is 1.31 bits per heavy atom. The van der Waals surface area contributed by atoms with Crippen LogP contribution in [0.3, 0.4) is 0 Å². The van der Waals surface area contributed by atoms with E-state index in [2.05, 4.69) is 5.32 Å². The Labute approximate surface area is 98.4 Å². The third-order valence-corrected chi connectivity index (χ3v) is 2.66. The molecule has 1 atom stereocenters. The second-order valence-electron chi connectivity index (χ2n) is 3.29. The van der Waals surface area contributed by atoms with Crippen molar-refractivity contribution in [3.63, 3.8) is 0 Å². The molecule has 94 valence electrons. The van der Waals surface area contributed by atoms with Gasteiger partial charge in [0.05, 0.1) is 13.0 Å². The van der Waals surface area contributed by atoms with Crippen LogP contribution in [0, 0.1) is 0 Å². The summed E-state index contributed by atoms with van der Waals surface area (Å²) in [6.45, 7) is 2.56. The van der Waals surface area contributed by atoms with Gasteiger partial charge in [-0.05, 0) is 13.3 Å². The summed E-state index contributed by atoms with van der Waals surface area (Å²) < 4.78 is 15.4. The first-order chi connectivity index (χ1) is 7.56. The number of ether oxygens (including phenoxy) is 1. The van der Waals surface area contributed by atoms with Crippen LogP contribution in [-0.2, 0) is 25.1 Å². The summed E-state index contributed by atoms with van der Waals surface area (Å²) in [5, 5.41) is 2.65. The van der Waals surface area contributed by atoms with Crippen LogP contribution in [0.15, 0.2) is 0 Å². The molecule has 16 heavy (non-hydrogen) atoms. The van der Waals surface area contributed by atoms with Gasteiger partial charge in [-0.25, -0.2) is 0 Å². The van der Waals surface area contributed by atoms with Crippen LogP contribution in [0.2, 0.25) is 0 Å². The molecule has 0 aliphatic carbocycles. The van der Waals surface area contributed by atoms with Gasteiger partial charge >= 0.3 is 5.97 Å². The number of carbonyl (C=O) groups excluding carboxylic acids is 2. The Hall–Kier alpha value is -0.910. The fraction of sp³-hybridized carbons (Fsp3) is 0.800. The maximum Gasteiger partial charge on any atom is 0.306 e. The van der Waals surface area contributed by atoms with Crippen molar-refractivity contribution in [2.75, 3.05) is 25.2 Å². The van der Waals surface area contributed by atoms with Gasteiger partial charge in [0.25, 0.3) is 0 Å². The van der Waals surface area contributed by atoms with Crippen LogP contribution in [0.4, 0.5) is 0 Å². The van der Waals surface area contributed by atoms with E-state index in [1.54, 1.807) is 13.2 Å². The quantitative estimate of drug-likeness (QED) is 0.493. The van der Waals surface area contributed by atoms with E-state index >= 15 is 0 Å². The zero-order valence-corrected chi connectivity index (χ0v) is 10.6. The standard InChI is InChI=1S/C10H19NO4S/c1-3-15-10(13)6-5-9(12)11-7-4-8-16(2)14/h3-8H2,1-2H3,(H,11,12). The molecule has 0 rings (SSSR count). The molecule has 0 aliphatic heterocycles. The normalized spacial score (nSPS) is 11.9. The highest BCUT2D eigenvalue weighted by molar-refractivity contribution is 7.84. The van der Waals surface area contributed by atoms with Crippen molar-refractivity contribution < 1.29 is 18.5 Å². The lowest BCUT2D eigenvalue weighted by Gasteiger charge is -2.04. The van der Waals surface area contributed by atoms with E-state index in [4.69, 9.17) is 4.74 Å². The van der Waals surface area contributed by atoms with Crippen LogP contribution in [0.25, 0.3) is 0 Å². The minimum Gasteiger partial charge on any atom is -0.466 e. The number of rotatable bonds is 8. The van der Waals surface area contributed by atoms with Crippen molar-refractivity contribution >= 4 is 22.7 Å². The van der Waals surface area contributed by atoms with Gasteiger partial charge in [-0.15, -0.1) is 0 Å². The molecule has 1 N–H and O–H groups in total. The highest BCUT2D eigenvalue weighted by Gasteiger charge is 2.06. The molecule has 0 aromatic carbocycles. The fourth-order valence-corrected chi connectivity index (χ4v) is 1.59. The summed E-state index contributed by atoms with van der Waals surface area (Å²) in [5.41, 5.74) is 0. The molecular weight excluding hydrogens is 230 g/mol. The van der Waals surface area contributed by atoms with Gasteiger partial charge < -0.3 is 10.1 Å². The molecule has 0 aromatic rings. The number of hydrogen-bond acceptors (Lipinski definition) is 4. The number of esters is 1. The number of hydrogen-bond donors (Lipinski definition) is 1. The highest BCUT2D eigenvalue weighted by atomic mass is 32.2. The first kappa shape index (κ1) is 15.1. The average molecular weight is 249 g/mol. The summed E-state index contributed by atoms with van der Waals surface area (Å²) in [6.07, 6.45) is 2.57. The zero-order chi connectivity index (χ0) is 12.4. The van der Waals surface area contributed by atoms with Gasteiger partial charge in [-0.1, -0.05) is 0 Å². The van der Waals surface area contributed by atoms with E-state index in [-0.39, 0.29) is 24.7 Å². The summed E-state index contributed by atoms with van der Waals surface area (Å²) in [6, 6.07) is 0. The van der Waals surface area contributed by atoms with Crippen LogP contribution < -0.4 is 5.32 Å². The van der Waals surface area contributed by atoms with Crippen LogP contribution in [0.5, 0.6) is 0 Å². The monoisotopic (exact) mass is 249 g/mol. The van der Waals surface area contributed by atoms with Crippen molar-refractivity contribution in [1.82, 2.24) is 5.32 Å². The Kier molecular flexibility index (Phi) is 8.80. The molecule has 6 heteroatoms. The minimum atomic E-state index is -0.819. The fourth-order valence-electron chi connectivity index (χ4n) is 1.04. The number of nitrogens with one attached hydrogen (secondary N) is 1. The molecule has 0 aromatic heterocycles. The first-order valence-electron chi connectivity index (χ1n) is 5.28. The number of amides is 1. The van der Waals surface area contributed by atoms with Gasteiger partial charge in [0.1, 0.15) is 0 Å². The van der Waals surface area contributed by atoms with E-state index in [1.165, 1.54) is 0 Å². The Balaban J connectivity index is 3.44. The second kappa shape index (κ2) is 9.33. The SMILES string of the molecule is CCOC(=O)CCC(=O)NCCCS(C)=O. The molecule has 0 heterocycles. The van der Waals surface area contributed by atoms with E-state index in [0.717, 1.165) is 0 Å². The molecule has 0 aliphatic rings. The Bertz CT molecular complexity index is 255. The predicted octanol–water partition coefficient (Wildman–Crippen LogP) is 0.214. The van der Waals surface area contributed by atoms with Gasteiger partial charge in [0.15, 0.2) is 0 Å². The van der Waals surface area contributed by atoms with Crippen molar-refractivity contribution in [3.8, 4) is 0 Å². The van der Waals surface area contributed by atoms with Gasteiger partial charge in [0.2, 0.25) is 5.91 Å².